The van der Waals surface area contributed by atoms with Crippen LogP contribution in [-0.2, 0) is 40.4 Å². The van der Waals surface area contributed by atoms with Gasteiger partial charge < -0.3 is 44.0 Å². The van der Waals surface area contributed by atoms with Gasteiger partial charge in [-0.2, -0.15) is 10.2 Å². The second-order valence-electron chi connectivity index (χ2n) is 34.3. The average molecular weight is 1490 g/mol. The number of likely N-dealkylation sites (tertiary alicyclic amines) is 1. The second-order valence-corrected chi connectivity index (χ2v) is 34.3. The van der Waals surface area contributed by atoms with Crippen LogP contribution in [0.3, 0.4) is 0 Å². The summed E-state index contributed by atoms with van der Waals surface area (Å²) in [5.74, 6) is 3.05. The Kier molecular flexibility index (Phi) is 30.1. The molecule has 23 nitrogen and oxygen atoms in total. The highest BCUT2D eigenvalue weighted by atomic mass is 16.5. The molecule has 596 valence electrons. The van der Waals surface area contributed by atoms with E-state index in [1.807, 2.05) is 32.4 Å². The van der Waals surface area contributed by atoms with Gasteiger partial charge in [0, 0.05) is 178 Å². The molecule has 6 aromatic rings. The largest absolute Gasteiger partial charge is 0.395 e. The van der Waals surface area contributed by atoms with Gasteiger partial charge in [0.1, 0.15) is 0 Å². The highest BCUT2D eigenvalue weighted by molar-refractivity contribution is 5.50. The Bertz CT molecular complexity index is 3570. The number of fused-ring (bicyclic) bond motifs is 4. The number of piperazine rings is 4. The van der Waals surface area contributed by atoms with E-state index in [1.165, 1.54) is 89.3 Å². The molecule has 0 amide bonds. The molecule has 0 radical (unpaired) electrons. The number of β-amino-alcohol motifs (C(OH)–C–C–N with tert-alkyl or cyclic N) is 2. The van der Waals surface area contributed by atoms with Crippen LogP contribution < -0.4 is 19.6 Å². The van der Waals surface area contributed by atoms with Crippen molar-refractivity contribution in [2.75, 3.05) is 191 Å². The molecule has 0 spiro atoms. The molecular formula is C85H136N18O5. The molecule has 3 atom stereocenters. The molecule has 0 saturated carbocycles. The highest BCUT2D eigenvalue weighted by Crippen LogP contribution is 2.37. The monoisotopic (exact) mass is 1490 g/mol. The zero-order valence-electron chi connectivity index (χ0n) is 68.7. The predicted molar refractivity (Wildman–Crippen MR) is 436 cm³/mol. The number of ether oxygens (including phenoxy) is 3. The zero-order chi connectivity index (χ0) is 76.6. The summed E-state index contributed by atoms with van der Waals surface area (Å²) >= 11 is 0. The van der Waals surface area contributed by atoms with Gasteiger partial charge in [-0.05, 0) is 136 Å². The van der Waals surface area contributed by atoms with Crippen LogP contribution in [-0.4, -0.2) is 286 Å². The standard InChI is InChI=1S/C17H25N3O.C16H25N3O.C16H27N3O.C14H23N3O.C12H19N3O.C10H17N3/c1-12(2)17-6-5-13(7-18-17)20-14-3-4-15(20)9-19(8-14)16-10-21-11-16;1-13(2)16-4-3-14(11-17-16)18-6-8-19(9-7-18)15-5-10-20-12-15;1-13(2)15-6-5-14(11-17-15)19-9-7-18(8-10-19)12-16(3,4)20;1-12(2)14-4-3-13(11-15-14)17-7-5-16(6-8-17)9-10-18;1-9(2)12-5-10-6-14(11-7-16-8-11)3-4-15(10)13-12;1-8(2)10-6-9-7-12(3)4-5-13(9)11-10/h5-7,12,14-16H,3-4,8-11H2,1-2H3;3-4,11,13,15H,5-10,12H2,1-2H3;5-6,11,13,20H,7-10,12H2,1-4H3;3-4,11-12,18H,5-10H2,1-2H3;5,9,11H,3-4,6-8H2,1-2H3;6,8H,4-5,7H2,1-3H3. The first-order chi connectivity index (χ1) is 51.9. The van der Waals surface area contributed by atoms with E-state index >= 15 is 0 Å². The highest BCUT2D eigenvalue weighted by Gasteiger charge is 2.43. The van der Waals surface area contributed by atoms with Crippen molar-refractivity contribution < 1.29 is 24.4 Å². The van der Waals surface area contributed by atoms with Crippen LogP contribution in [0, 0.1) is 0 Å². The molecule has 0 aromatic carbocycles. The van der Waals surface area contributed by atoms with Crippen molar-refractivity contribution >= 4 is 22.7 Å². The third-order valence-corrected chi connectivity index (χ3v) is 23.2. The first kappa shape index (κ1) is 82.7. The van der Waals surface area contributed by atoms with E-state index in [0.29, 0.717) is 65.7 Å². The number of nitrogens with zero attached hydrogens (tertiary/aromatic N) is 18. The van der Waals surface area contributed by atoms with Crippen LogP contribution in [0.1, 0.15) is 197 Å². The van der Waals surface area contributed by atoms with Gasteiger partial charge in [0.2, 0.25) is 0 Å². The Hall–Kier alpha value is -6.22. The van der Waals surface area contributed by atoms with Gasteiger partial charge in [0.15, 0.2) is 0 Å². The number of hydrogen-bond donors (Lipinski definition) is 2. The summed E-state index contributed by atoms with van der Waals surface area (Å²) in [6.45, 7) is 58.6. The van der Waals surface area contributed by atoms with Crippen molar-refractivity contribution in [1.29, 1.82) is 0 Å². The minimum Gasteiger partial charge on any atom is -0.395 e. The lowest BCUT2D eigenvalue weighted by Gasteiger charge is -2.47. The van der Waals surface area contributed by atoms with Gasteiger partial charge >= 0.3 is 0 Å². The van der Waals surface area contributed by atoms with Gasteiger partial charge in [0.05, 0.1) is 141 Å². The molecule has 23 heteroatoms. The molecule has 8 saturated heterocycles. The normalized spacial score (nSPS) is 22.0. The number of pyridine rings is 4. The smallest absolute Gasteiger partial charge is 0.0718 e. The first-order valence-electron chi connectivity index (χ1n) is 41.3. The van der Waals surface area contributed by atoms with Crippen molar-refractivity contribution in [3.05, 3.63) is 131 Å². The number of likely N-dealkylation sites (N-methyl/N-ethyl adjacent to an activating group) is 1. The Balaban J connectivity index is 0.000000130. The summed E-state index contributed by atoms with van der Waals surface area (Å²) in [6, 6.07) is 25.3. The molecule has 3 unspecified atom stereocenters. The fourth-order valence-corrected chi connectivity index (χ4v) is 16.0. The molecule has 2 N–H and O–H groups in total. The Labute approximate surface area is 648 Å². The van der Waals surface area contributed by atoms with Gasteiger partial charge in [-0.1, -0.05) is 83.1 Å². The van der Waals surface area contributed by atoms with Gasteiger partial charge in [-0.15, -0.1) is 0 Å². The molecule has 108 heavy (non-hydrogen) atoms. The number of rotatable bonds is 17. The first-order valence-corrected chi connectivity index (χ1v) is 41.3. The molecule has 16 rings (SSSR count). The molecule has 2 bridgehead atoms. The maximum Gasteiger partial charge on any atom is 0.0718 e. The second kappa shape index (κ2) is 39.3. The number of anilines is 4. The Morgan fingerprint density at radius 1 is 0.407 bits per heavy atom. The Morgan fingerprint density at radius 2 is 0.796 bits per heavy atom. The predicted octanol–water partition coefficient (Wildman–Crippen LogP) is 10.5. The summed E-state index contributed by atoms with van der Waals surface area (Å²) in [5, 5.41) is 28.0. The average Bonchev–Trinajstić information content (AvgIpc) is 1.60. The minimum atomic E-state index is -0.608. The van der Waals surface area contributed by atoms with E-state index in [0.717, 1.165) is 182 Å². The van der Waals surface area contributed by atoms with E-state index in [4.69, 9.17) is 19.3 Å². The van der Waals surface area contributed by atoms with Crippen molar-refractivity contribution in [2.24, 2.45) is 0 Å². The number of aliphatic hydroxyl groups excluding tert-OH is 1. The summed E-state index contributed by atoms with van der Waals surface area (Å²) in [7, 11) is 2.16. The molecule has 0 aliphatic carbocycles. The summed E-state index contributed by atoms with van der Waals surface area (Å²) in [5.41, 5.74) is 14.2. The molecule has 16 heterocycles. The number of hydrogen-bond acceptors (Lipinski definition) is 21. The third-order valence-electron chi connectivity index (χ3n) is 23.2. The Morgan fingerprint density at radius 3 is 1.18 bits per heavy atom. The maximum absolute atomic E-state index is 9.87. The zero-order valence-corrected chi connectivity index (χ0v) is 68.7. The summed E-state index contributed by atoms with van der Waals surface area (Å²) in [6.07, 6.45) is 11.9. The van der Waals surface area contributed by atoms with Crippen molar-refractivity contribution in [2.45, 2.75) is 214 Å². The van der Waals surface area contributed by atoms with Crippen LogP contribution in [0.15, 0.2) is 85.5 Å². The van der Waals surface area contributed by atoms with E-state index in [9.17, 15) is 5.11 Å². The summed E-state index contributed by atoms with van der Waals surface area (Å²) in [4.78, 5) is 42.8. The SMILES string of the molecule is CC(C)c1cc2n(n1)CCN(C)C2.CC(C)c1cc2n(n1)CCN(C1COC1)C2.CC(C)c1ccc(N2C3CCC2CN(C2COC2)C3)cn1.CC(C)c1ccc(N2CCN(C3CCOC3)CC2)cn1.CC(C)c1ccc(N2CCN(CC(C)(C)O)CC2)cn1.CC(C)c1ccc(N2CCN(CCO)CC2)cn1. The van der Waals surface area contributed by atoms with E-state index in [2.05, 4.69) is 245 Å². The van der Waals surface area contributed by atoms with Crippen LogP contribution in [0.4, 0.5) is 22.7 Å². The molecule has 8 fully saturated rings. The van der Waals surface area contributed by atoms with Crippen molar-refractivity contribution in [1.82, 2.24) is 68.9 Å². The third kappa shape index (κ3) is 23.0. The number of aromatic nitrogens is 8. The van der Waals surface area contributed by atoms with Crippen molar-refractivity contribution in [3.8, 4) is 0 Å². The lowest BCUT2D eigenvalue weighted by atomic mass is 10.1. The lowest BCUT2D eigenvalue weighted by Crippen LogP contribution is -2.60. The maximum atomic E-state index is 9.87. The van der Waals surface area contributed by atoms with Crippen LogP contribution in [0.25, 0.3) is 0 Å². The fourth-order valence-electron chi connectivity index (χ4n) is 16.0. The lowest BCUT2D eigenvalue weighted by molar-refractivity contribution is -0.0735. The van der Waals surface area contributed by atoms with Gasteiger partial charge in [-0.25, -0.2) is 0 Å². The fraction of sp³-hybridized carbons (Fsp3) is 0.694. The molecule has 10 aliphatic heterocycles. The van der Waals surface area contributed by atoms with E-state index < -0.39 is 5.60 Å². The molecule has 6 aromatic heterocycles. The van der Waals surface area contributed by atoms with Crippen LogP contribution >= 0.6 is 0 Å². The molecule has 10 aliphatic rings. The van der Waals surface area contributed by atoms with E-state index in [1.54, 1.807) is 0 Å². The van der Waals surface area contributed by atoms with Crippen LogP contribution in [0.5, 0.6) is 0 Å². The topological polar surface area (TPSA) is 188 Å². The molecular weight excluding hydrogens is 1350 g/mol. The quantitative estimate of drug-likeness (QED) is 0.0877. The van der Waals surface area contributed by atoms with Gasteiger partial charge in [0.25, 0.3) is 0 Å². The minimum absolute atomic E-state index is 0.255. The van der Waals surface area contributed by atoms with Crippen molar-refractivity contribution in [3.63, 3.8) is 0 Å². The van der Waals surface area contributed by atoms with E-state index in [-0.39, 0.29) is 6.61 Å². The van der Waals surface area contributed by atoms with Crippen LogP contribution in [0.2, 0.25) is 0 Å². The summed E-state index contributed by atoms with van der Waals surface area (Å²) < 4.78 is 20.4. The number of aliphatic hydroxyl groups is 2. The van der Waals surface area contributed by atoms with Gasteiger partial charge in [-0.3, -0.25) is 58.7 Å².